The SMILES string of the molecule is CC1NNC2NC(=O)CC(c3cc(F)cc(F)c3)C12. The second-order valence-electron chi connectivity index (χ2n) is 5.21. The summed E-state index contributed by atoms with van der Waals surface area (Å²) >= 11 is 0. The minimum absolute atomic E-state index is 0.0684. The van der Waals surface area contributed by atoms with Crippen molar-refractivity contribution in [1.29, 1.82) is 0 Å². The second kappa shape index (κ2) is 4.54. The molecule has 4 unspecified atom stereocenters. The summed E-state index contributed by atoms with van der Waals surface area (Å²) in [6.45, 7) is 1.98. The summed E-state index contributed by atoms with van der Waals surface area (Å²) < 4.78 is 26.7. The van der Waals surface area contributed by atoms with Crippen LogP contribution in [0.15, 0.2) is 18.2 Å². The minimum atomic E-state index is -0.607. The zero-order chi connectivity index (χ0) is 13.6. The van der Waals surface area contributed by atoms with E-state index in [4.69, 9.17) is 0 Å². The maximum Gasteiger partial charge on any atom is 0.221 e. The summed E-state index contributed by atoms with van der Waals surface area (Å²) in [6, 6.07) is 3.59. The molecule has 1 amide bonds. The Kier molecular flexibility index (Phi) is 2.99. The van der Waals surface area contributed by atoms with Gasteiger partial charge >= 0.3 is 0 Å². The number of fused-ring (bicyclic) bond motifs is 1. The highest BCUT2D eigenvalue weighted by atomic mass is 19.1. The lowest BCUT2D eigenvalue weighted by Crippen LogP contribution is -2.52. The Morgan fingerprint density at radius 2 is 1.84 bits per heavy atom. The Morgan fingerprint density at radius 3 is 2.53 bits per heavy atom. The van der Waals surface area contributed by atoms with E-state index in [2.05, 4.69) is 16.2 Å². The van der Waals surface area contributed by atoms with Crippen molar-refractivity contribution in [1.82, 2.24) is 16.2 Å². The fourth-order valence-corrected chi connectivity index (χ4v) is 3.11. The smallest absolute Gasteiger partial charge is 0.221 e. The fraction of sp³-hybridized carbons (Fsp3) is 0.462. The molecule has 0 aromatic heterocycles. The Bertz CT molecular complexity index is 502. The number of hydrogen-bond donors (Lipinski definition) is 3. The van der Waals surface area contributed by atoms with Gasteiger partial charge in [0.05, 0.1) is 6.17 Å². The quantitative estimate of drug-likeness (QED) is 0.711. The molecule has 3 rings (SSSR count). The fourth-order valence-electron chi connectivity index (χ4n) is 3.11. The molecule has 2 aliphatic rings. The first-order valence-corrected chi connectivity index (χ1v) is 6.31. The summed E-state index contributed by atoms with van der Waals surface area (Å²) in [5.74, 6) is -1.45. The number of piperidine rings is 1. The van der Waals surface area contributed by atoms with Gasteiger partial charge < -0.3 is 5.32 Å². The Hall–Kier alpha value is -1.53. The predicted molar refractivity (Wildman–Crippen MR) is 64.9 cm³/mol. The monoisotopic (exact) mass is 267 g/mol. The van der Waals surface area contributed by atoms with E-state index < -0.39 is 11.6 Å². The van der Waals surface area contributed by atoms with E-state index in [1.807, 2.05) is 6.92 Å². The Morgan fingerprint density at radius 1 is 1.16 bits per heavy atom. The van der Waals surface area contributed by atoms with Crippen molar-refractivity contribution in [3.63, 3.8) is 0 Å². The van der Waals surface area contributed by atoms with Crippen molar-refractivity contribution in [2.75, 3.05) is 0 Å². The molecule has 2 saturated heterocycles. The number of carbonyl (C=O) groups excluding carboxylic acids is 1. The molecule has 0 aliphatic carbocycles. The number of halogens is 2. The van der Waals surface area contributed by atoms with Gasteiger partial charge in [-0.3, -0.25) is 10.2 Å². The van der Waals surface area contributed by atoms with E-state index in [-0.39, 0.29) is 36.4 Å². The third-order valence-corrected chi connectivity index (χ3v) is 3.93. The van der Waals surface area contributed by atoms with E-state index in [9.17, 15) is 13.6 Å². The molecule has 3 N–H and O–H groups in total. The lowest BCUT2D eigenvalue weighted by molar-refractivity contribution is -0.125. The summed E-state index contributed by atoms with van der Waals surface area (Å²) in [5, 5.41) is 2.84. The summed E-state index contributed by atoms with van der Waals surface area (Å²) in [6.07, 6.45) is 0.0465. The molecule has 2 aliphatic heterocycles. The highest BCUT2D eigenvalue weighted by Gasteiger charge is 2.44. The molecule has 1 aromatic carbocycles. The van der Waals surface area contributed by atoms with Gasteiger partial charge in [-0.2, -0.15) is 0 Å². The van der Waals surface area contributed by atoms with Gasteiger partial charge in [0.1, 0.15) is 11.6 Å². The first kappa shape index (κ1) is 12.5. The molecule has 19 heavy (non-hydrogen) atoms. The van der Waals surface area contributed by atoms with Crippen LogP contribution in [0.1, 0.15) is 24.8 Å². The zero-order valence-corrected chi connectivity index (χ0v) is 10.4. The van der Waals surface area contributed by atoms with Crippen LogP contribution >= 0.6 is 0 Å². The molecule has 4 atom stereocenters. The van der Waals surface area contributed by atoms with Crippen LogP contribution in [0, 0.1) is 17.6 Å². The van der Waals surface area contributed by atoms with Crippen molar-refractivity contribution < 1.29 is 13.6 Å². The van der Waals surface area contributed by atoms with Gasteiger partial charge in [0.15, 0.2) is 0 Å². The highest BCUT2D eigenvalue weighted by Crippen LogP contribution is 2.37. The zero-order valence-electron chi connectivity index (χ0n) is 10.4. The summed E-state index contributed by atoms with van der Waals surface area (Å²) in [5.41, 5.74) is 6.60. The average Bonchev–Trinajstić information content (AvgIpc) is 2.68. The van der Waals surface area contributed by atoms with Crippen LogP contribution in [0.25, 0.3) is 0 Å². The van der Waals surface area contributed by atoms with Gasteiger partial charge in [0.25, 0.3) is 0 Å². The van der Waals surface area contributed by atoms with Crippen molar-refractivity contribution in [2.45, 2.75) is 31.5 Å². The van der Waals surface area contributed by atoms with Crippen molar-refractivity contribution in [2.24, 2.45) is 5.92 Å². The molecular formula is C13H15F2N3O. The molecule has 0 radical (unpaired) electrons. The van der Waals surface area contributed by atoms with Gasteiger partial charge in [-0.05, 0) is 24.6 Å². The second-order valence-corrected chi connectivity index (χ2v) is 5.21. The molecule has 0 spiro atoms. The van der Waals surface area contributed by atoms with Crippen LogP contribution in [0.5, 0.6) is 0 Å². The van der Waals surface area contributed by atoms with E-state index in [1.54, 1.807) is 0 Å². The maximum atomic E-state index is 13.3. The number of carbonyl (C=O) groups is 1. The topological polar surface area (TPSA) is 53.2 Å². The van der Waals surface area contributed by atoms with Crippen LogP contribution in [-0.4, -0.2) is 18.1 Å². The largest absolute Gasteiger partial charge is 0.339 e. The molecule has 4 nitrogen and oxygen atoms in total. The molecule has 102 valence electrons. The molecule has 2 fully saturated rings. The highest BCUT2D eigenvalue weighted by molar-refractivity contribution is 5.78. The van der Waals surface area contributed by atoms with E-state index in [1.165, 1.54) is 12.1 Å². The lowest BCUT2D eigenvalue weighted by Gasteiger charge is -2.35. The van der Waals surface area contributed by atoms with Gasteiger partial charge in [-0.15, -0.1) is 0 Å². The summed E-state index contributed by atoms with van der Waals surface area (Å²) in [7, 11) is 0. The molecule has 2 heterocycles. The third kappa shape index (κ3) is 2.21. The number of hydrogen-bond acceptors (Lipinski definition) is 3. The molecule has 0 saturated carbocycles. The van der Waals surface area contributed by atoms with Crippen LogP contribution in [-0.2, 0) is 4.79 Å². The maximum absolute atomic E-state index is 13.3. The first-order chi connectivity index (χ1) is 9.04. The molecule has 0 bridgehead atoms. The predicted octanol–water partition coefficient (Wildman–Crippen LogP) is 1.01. The van der Waals surface area contributed by atoms with E-state index in [0.717, 1.165) is 6.07 Å². The van der Waals surface area contributed by atoms with Crippen LogP contribution < -0.4 is 16.2 Å². The number of amides is 1. The van der Waals surface area contributed by atoms with Crippen LogP contribution in [0.2, 0.25) is 0 Å². The van der Waals surface area contributed by atoms with E-state index >= 15 is 0 Å². The van der Waals surface area contributed by atoms with Gasteiger partial charge in [0, 0.05) is 30.4 Å². The number of nitrogens with one attached hydrogen (secondary N) is 3. The van der Waals surface area contributed by atoms with Crippen molar-refractivity contribution >= 4 is 5.91 Å². The van der Waals surface area contributed by atoms with Gasteiger partial charge in [-0.25, -0.2) is 14.2 Å². The number of benzene rings is 1. The molecule has 6 heteroatoms. The molecule has 1 aromatic rings. The minimum Gasteiger partial charge on any atom is -0.339 e. The van der Waals surface area contributed by atoms with Gasteiger partial charge in [-0.1, -0.05) is 0 Å². The number of hydrazine groups is 1. The Balaban J connectivity index is 1.98. The molecular weight excluding hydrogens is 252 g/mol. The number of rotatable bonds is 1. The first-order valence-electron chi connectivity index (χ1n) is 6.31. The van der Waals surface area contributed by atoms with Crippen molar-refractivity contribution in [3.05, 3.63) is 35.4 Å². The normalized spacial score (nSPS) is 33.9. The van der Waals surface area contributed by atoms with Crippen molar-refractivity contribution in [3.8, 4) is 0 Å². The average molecular weight is 267 g/mol. The van der Waals surface area contributed by atoms with Crippen LogP contribution in [0.3, 0.4) is 0 Å². The van der Waals surface area contributed by atoms with Crippen LogP contribution in [0.4, 0.5) is 8.78 Å². The third-order valence-electron chi connectivity index (χ3n) is 3.93. The standard InChI is InChI=1S/C13H15F2N3O/c1-6-12-10(5-11(19)16-13(12)18-17-6)7-2-8(14)4-9(15)3-7/h2-4,6,10,12-13,17-18H,5H2,1H3,(H,16,19). The summed E-state index contributed by atoms with van der Waals surface area (Å²) in [4.78, 5) is 11.7. The van der Waals surface area contributed by atoms with E-state index in [0.29, 0.717) is 5.56 Å². The lowest BCUT2D eigenvalue weighted by atomic mass is 9.76. The Labute approximate surface area is 109 Å². The van der Waals surface area contributed by atoms with Gasteiger partial charge in [0.2, 0.25) is 5.91 Å².